The first-order chi connectivity index (χ1) is 7.42. The van der Waals surface area contributed by atoms with Crippen molar-refractivity contribution in [2.24, 2.45) is 0 Å². The van der Waals surface area contributed by atoms with Gasteiger partial charge in [0.2, 0.25) is 0 Å². The average Bonchev–Trinajstić information content (AvgIpc) is 2.80. The number of rotatable bonds is 4. The maximum atomic E-state index is 8.82. The Morgan fingerprint density at radius 1 is 1.20 bits per heavy atom. The number of benzene rings is 1. The van der Waals surface area contributed by atoms with Gasteiger partial charge in [-0.15, -0.1) is 0 Å². The van der Waals surface area contributed by atoms with Crippen molar-refractivity contribution in [3.05, 3.63) is 35.4 Å². The lowest BCUT2D eigenvalue weighted by Gasteiger charge is -2.14. The first-order valence-electron chi connectivity index (χ1n) is 5.33. The molecule has 0 spiro atoms. The highest BCUT2D eigenvalue weighted by Gasteiger charge is 2.20. The zero-order valence-electron chi connectivity index (χ0n) is 8.69. The number of aliphatic hydroxyl groups is 1. The van der Waals surface area contributed by atoms with E-state index in [1.54, 1.807) is 0 Å². The van der Waals surface area contributed by atoms with E-state index in [0.717, 1.165) is 18.4 Å². The highest BCUT2D eigenvalue weighted by atomic mass is 16.7. The summed E-state index contributed by atoms with van der Waals surface area (Å²) in [5.41, 5.74) is 2.31. The van der Waals surface area contributed by atoms with Crippen LogP contribution >= 0.6 is 0 Å². The number of aliphatic hydroxyl groups excluding tert-OH is 1. The number of hydrogen-bond donors (Lipinski definition) is 1. The Morgan fingerprint density at radius 2 is 1.93 bits per heavy atom. The van der Waals surface area contributed by atoms with Crippen LogP contribution in [0.15, 0.2) is 24.3 Å². The van der Waals surface area contributed by atoms with Gasteiger partial charge in [0.25, 0.3) is 0 Å². The summed E-state index contributed by atoms with van der Waals surface area (Å²) in [5.74, 6) is 0. The molecule has 1 aromatic rings. The maximum absolute atomic E-state index is 8.82. The molecule has 15 heavy (non-hydrogen) atoms. The van der Waals surface area contributed by atoms with Crippen LogP contribution in [-0.2, 0) is 15.9 Å². The molecule has 0 aliphatic carbocycles. The van der Waals surface area contributed by atoms with Crippen LogP contribution in [0.2, 0.25) is 0 Å². The third-order valence-corrected chi connectivity index (χ3v) is 2.54. The first-order valence-corrected chi connectivity index (χ1v) is 5.33. The molecule has 1 N–H and O–H groups in total. The second kappa shape index (κ2) is 5.26. The Labute approximate surface area is 89.6 Å². The molecular formula is C12H16O3. The quantitative estimate of drug-likeness (QED) is 0.817. The summed E-state index contributed by atoms with van der Waals surface area (Å²) in [7, 11) is 0. The average molecular weight is 208 g/mol. The second-order valence-electron chi connectivity index (χ2n) is 3.60. The largest absolute Gasteiger partial charge is 0.396 e. The van der Waals surface area contributed by atoms with E-state index in [2.05, 4.69) is 6.07 Å². The molecule has 2 rings (SSSR count). The molecule has 1 heterocycles. The molecule has 0 radical (unpaired) electrons. The van der Waals surface area contributed by atoms with Crippen LogP contribution < -0.4 is 0 Å². The fourth-order valence-electron chi connectivity index (χ4n) is 1.80. The molecule has 0 saturated carbocycles. The van der Waals surface area contributed by atoms with Crippen LogP contribution in [0.4, 0.5) is 0 Å². The molecule has 1 aliphatic rings. The van der Waals surface area contributed by atoms with E-state index in [1.165, 1.54) is 5.56 Å². The smallest absolute Gasteiger partial charge is 0.184 e. The highest BCUT2D eigenvalue weighted by molar-refractivity contribution is 5.28. The van der Waals surface area contributed by atoms with Crippen molar-refractivity contribution in [2.45, 2.75) is 19.1 Å². The summed E-state index contributed by atoms with van der Waals surface area (Å²) in [5, 5.41) is 8.82. The highest BCUT2D eigenvalue weighted by Crippen LogP contribution is 2.26. The predicted molar refractivity (Wildman–Crippen MR) is 56.5 cm³/mol. The number of aryl methyl sites for hydroxylation is 1. The van der Waals surface area contributed by atoms with Gasteiger partial charge in [-0.3, -0.25) is 0 Å². The van der Waals surface area contributed by atoms with Crippen molar-refractivity contribution in [1.82, 2.24) is 0 Å². The lowest BCUT2D eigenvalue weighted by Crippen LogP contribution is -2.03. The van der Waals surface area contributed by atoms with Gasteiger partial charge in [-0.2, -0.15) is 0 Å². The SMILES string of the molecule is OCCCc1ccccc1C1OCCO1. The van der Waals surface area contributed by atoms with Crippen LogP contribution in [0.5, 0.6) is 0 Å². The van der Waals surface area contributed by atoms with E-state index >= 15 is 0 Å². The van der Waals surface area contributed by atoms with Crippen LogP contribution in [0.1, 0.15) is 23.8 Å². The number of ether oxygens (including phenoxy) is 2. The van der Waals surface area contributed by atoms with E-state index < -0.39 is 0 Å². The van der Waals surface area contributed by atoms with Gasteiger partial charge in [0.05, 0.1) is 13.2 Å². The molecule has 0 unspecified atom stereocenters. The monoisotopic (exact) mass is 208 g/mol. The molecule has 0 bridgehead atoms. The zero-order valence-corrected chi connectivity index (χ0v) is 8.69. The molecule has 3 nitrogen and oxygen atoms in total. The van der Waals surface area contributed by atoms with Gasteiger partial charge >= 0.3 is 0 Å². The second-order valence-corrected chi connectivity index (χ2v) is 3.60. The Balaban J connectivity index is 2.13. The van der Waals surface area contributed by atoms with Gasteiger partial charge in [-0.1, -0.05) is 24.3 Å². The molecule has 0 amide bonds. The normalized spacial score (nSPS) is 17.1. The van der Waals surface area contributed by atoms with E-state index in [4.69, 9.17) is 14.6 Å². The van der Waals surface area contributed by atoms with Gasteiger partial charge in [0.15, 0.2) is 6.29 Å². The van der Waals surface area contributed by atoms with Gasteiger partial charge in [0, 0.05) is 12.2 Å². The summed E-state index contributed by atoms with van der Waals surface area (Å²) in [4.78, 5) is 0. The van der Waals surface area contributed by atoms with Crippen molar-refractivity contribution in [3.63, 3.8) is 0 Å². The van der Waals surface area contributed by atoms with Crippen LogP contribution in [-0.4, -0.2) is 24.9 Å². The first kappa shape index (κ1) is 10.6. The van der Waals surface area contributed by atoms with Gasteiger partial charge in [-0.25, -0.2) is 0 Å². The molecule has 0 atom stereocenters. The maximum Gasteiger partial charge on any atom is 0.184 e. The minimum absolute atomic E-state index is 0.208. The molecule has 1 saturated heterocycles. The molecule has 0 aromatic heterocycles. The Hall–Kier alpha value is -0.900. The lowest BCUT2D eigenvalue weighted by molar-refractivity contribution is -0.0447. The molecule has 1 aromatic carbocycles. The van der Waals surface area contributed by atoms with Crippen LogP contribution in [0, 0.1) is 0 Å². The van der Waals surface area contributed by atoms with E-state index in [9.17, 15) is 0 Å². The molecular weight excluding hydrogens is 192 g/mol. The minimum atomic E-state index is -0.208. The summed E-state index contributed by atoms with van der Waals surface area (Å²) < 4.78 is 10.9. The number of hydrogen-bond acceptors (Lipinski definition) is 3. The van der Waals surface area contributed by atoms with E-state index in [1.807, 2.05) is 18.2 Å². The summed E-state index contributed by atoms with van der Waals surface area (Å²) in [6, 6.07) is 8.09. The predicted octanol–water partition coefficient (Wildman–Crippen LogP) is 1.66. The van der Waals surface area contributed by atoms with Crippen molar-refractivity contribution in [1.29, 1.82) is 0 Å². The van der Waals surface area contributed by atoms with Crippen molar-refractivity contribution in [2.75, 3.05) is 19.8 Å². The minimum Gasteiger partial charge on any atom is -0.396 e. The summed E-state index contributed by atoms with van der Waals surface area (Å²) >= 11 is 0. The van der Waals surface area contributed by atoms with Crippen molar-refractivity contribution >= 4 is 0 Å². The van der Waals surface area contributed by atoms with Crippen molar-refractivity contribution in [3.8, 4) is 0 Å². The van der Waals surface area contributed by atoms with E-state index in [-0.39, 0.29) is 12.9 Å². The molecule has 3 heteroatoms. The van der Waals surface area contributed by atoms with Crippen LogP contribution in [0.25, 0.3) is 0 Å². The standard InChI is InChI=1S/C12H16O3/c13-7-3-5-10-4-1-2-6-11(10)12-14-8-9-15-12/h1-2,4,6,12-13H,3,5,7-9H2. The Morgan fingerprint density at radius 3 is 2.67 bits per heavy atom. The van der Waals surface area contributed by atoms with Gasteiger partial charge in [0.1, 0.15) is 0 Å². The molecule has 1 aliphatic heterocycles. The van der Waals surface area contributed by atoms with Crippen molar-refractivity contribution < 1.29 is 14.6 Å². The van der Waals surface area contributed by atoms with Gasteiger partial charge in [-0.05, 0) is 18.4 Å². The fraction of sp³-hybridized carbons (Fsp3) is 0.500. The van der Waals surface area contributed by atoms with Crippen LogP contribution in [0.3, 0.4) is 0 Å². The molecule has 82 valence electrons. The lowest BCUT2D eigenvalue weighted by atomic mass is 10.0. The van der Waals surface area contributed by atoms with E-state index in [0.29, 0.717) is 13.2 Å². The third-order valence-electron chi connectivity index (χ3n) is 2.54. The van der Waals surface area contributed by atoms with Gasteiger partial charge < -0.3 is 14.6 Å². The third kappa shape index (κ3) is 2.56. The summed E-state index contributed by atoms with van der Waals surface area (Å²) in [6.07, 6.45) is 1.44. The topological polar surface area (TPSA) is 38.7 Å². The fourth-order valence-corrected chi connectivity index (χ4v) is 1.80. The molecule has 1 fully saturated rings. The Bertz CT molecular complexity index is 305. The Kier molecular flexibility index (Phi) is 3.72. The zero-order chi connectivity index (χ0) is 10.5. The summed E-state index contributed by atoms with van der Waals surface area (Å²) in [6.45, 7) is 1.55.